The monoisotopic (exact) mass is 406 g/mol. The minimum absolute atomic E-state index is 0.662. The molecule has 8 heteroatoms. The van der Waals surface area contributed by atoms with Gasteiger partial charge >= 0.3 is 0 Å². The van der Waals surface area contributed by atoms with E-state index in [4.69, 9.17) is 9.15 Å². The Labute approximate surface area is 175 Å². The number of nitrogens with zero attached hydrogens (tertiary/aromatic N) is 3. The molecule has 0 aliphatic carbocycles. The van der Waals surface area contributed by atoms with Crippen molar-refractivity contribution in [2.24, 2.45) is 5.10 Å². The van der Waals surface area contributed by atoms with Crippen molar-refractivity contribution in [3.8, 4) is 16.9 Å². The van der Waals surface area contributed by atoms with E-state index in [1.165, 1.54) is 6.33 Å². The maximum atomic E-state index is 5.53. The highest BCUT2D eigenvalue weighted by molar-refractivity contribution is 6.12. The van der Waals surface area contributed by atoms with Gasteiger partial charge in [-0.2, -0.15) is 5.10 Å². The molecule has 0 aliphatic rings. The van der Waals surface area contributed by atoms with Gasteiger partial charge in [-0.05, 0) is 30.7 Å². The summed E-state index contributed by atoms with van der Waals surface area (Å²) in [7, 11) is 3.40. The third-order valence-electron chi connectivity index (χ3n) is 4.45. The molecule has 0 unspecified atom stereocenters. The molecule has 0 spiro atoms. The normalized spacial score (nSPS) is 11.0. The van der Waals surface area contributed by atoms with E-state index in [-0.39, 0.29) is 0 Å². The van der Waals surface area contributed by atoms with Crippen molar-refractivity contribution in [3.05, 3.63) is 54.9 Å². The number of aromatic amines is 1. The molecular weight excluding hydrogens is 380 g/mol. The highest BCUT2D eigenvalue weighted by Gasteiger charge is 2.15. The summed E-state index contributed by atoms with van der Waals surface area (Å²) in [6, 6.07) is 7.81. The summed E-state index contributed by atoms with van der Waals surface area (Å²) >= 11 is 0. The van der Waals surface area contributed by atoms with Crippen LogP contribution in [0.25, 0.3) is 22.2 Å². The average molecular weight is 406 g/mol. The Morgan fingerprint density at radius 3 is 2.70 bits per heavy atom. The molecule has 0 radical (unpaired) electrons. The van der Waals surface area contributed by atoms with Gasteiger partial charge < -0.3 is 24.9 Å². The molecule has 156 valence electrons. The van der Waals surface area contributed by atoms with Crippen LogP contribution in [0.15, 0.2) is 58.8 Å². The van der Waals surface area contributed by atoms with Crippen LogP contribution in [0.5, 0.6) is 5.75 Å². The van der Waals surface area contributed by atoms with E-state index in [0.717, 1.165) is 39.1 Å². The van der Waals surface area contributed by atoms with Gasteiger partial charge in [0.15, 0.2) is 0 Å². The fraction of sp³-hybridized carbons (Fsp3) is 0.227. The zero-order valence-electron chi connectivity index (χ0n) is 17.8. The Morgan fingerprint density at radius 1 is 1.17 bits per heavy atom. The molecule has 0 fully saturated rings. The lowest BCUT2D eigenvalue weighted by atomic mass is 10.1. The van der Waals surface area contributed by atoms with Crippen LogP contribution in [0.3, 0.4) is 0 Å². The van der Waals surface area contributed by atoms with E-state index >= 15 is 0 Å². The van der Waals surface area contributed by atoms with Gasteiger partial charge in [-0.15, -0.1) is 0 Å². The predicted molar refractivity (Wildman–Crippen MR) is 120 cm³/mol. The van der Waals surface area contributed by atoms with Gasteiger partial charge in [0.1, 0.15) is 23.5 Å². The van der Waals surface area contributed by atoms with Crippen molar-refractivity contribution in [2.75, 3.05) is 19.5 Å². The number of ether oxygens (including phenoxy) is 1. The number of methoxy groups -OCH3 is 1. The molecule has 1 aromatic carbocycles. The third-order valence-corrected chi connectivity index (χ3v) is 4.45. The second kappa shape index (κ2) is 9.60. The van der Waals surface area contributed by atoms with E-state index in [1.807, 2.05) is 51.2 Å². The van der Waals surface area contributed by atoms with E-state index < -0.39 is 0 Å². The first-order valence-corrected chi connectivity index (χ1v) is 9.72. The quantitative estimate of drug-likeness (QED) is 0.310. The van der Waals surface area contributed by atoms with Crippen LogP contribution >= 0.6 is 0 Å². The number of anilines is 2. The van der Waals surface area contributed by atoms with E-state index in [1.54, 1.807) is 26.7 Å². The molecule has 3 heterocycles. The highest BCUT2D eigenvalue weighted by atomic mass is 16.5. The van der Waals surface area contributed by atoms with Gasteiger partial charge in [-0.3, -0.25) is 0 Å². The van der Waals surface area contributed by atoms with Gasteiger partial charge in [-0.1, -0.05) is 19.9 Å². The number of furan rings is 1. The number of fused-ring (bicyclic) bond motifs is 1. The van der Waals surface area contributed by atoms with E-state index in [0.29, 0.717) is 11.6 Å². The zero-order valence-corrected chi connectivity index (χ0v) is 17.8. The Kier molecular flexibility index (Phi) is 6.69. The summed E-state index contributed by atoms with van der Waals surface area (Å²) in [6.45, 7) is 5.93. The Balaban J connectivity index is 0.00000124. The van der Waals surface area contributed by atoms with Crippen LogP contribution < -0.4 is 15.5 Å². The summed E-state index contributed by atoms with van der Waals surface area (Å²) in [5, 5.41) is 8.52. The molecule has 0 amide bonds. The molecule has 0 bridgehead atoms. The van der Waals surface area contributed by atoms with Crippen LogP contribution in [0, 0.1) is 0 Å². The maximum absolute atomic E-state index is 5.53. The standard InChI is InChI=1S/C20H20N6O2.C2H6/c1-12(26-21-2)15-9-22-19-18(15)20(24-11-23-19)25-16-8-13(4-5-17(16)27-3)14-6-7-28-10-14;1-2/h4-11,21H,1-3H3,(H2,22,23,24,25);1-2H3/b26-12+;. The second-order valence-corrected chi connectivity index (χ2v) is 6.12. The predicted octanol–water partition coefficient (Wildman–Crippen LogP) is 4.94. The maximum Gasteiger partial charge on any atom is 0.144 e. The number of benzene rings is 1. The highest BCUT2D eigenvalue weighted by Crippen LogP contribution is 2.34. The number of hydrogen-bond donors (Lipinski definition) is 3. The smallest absolute Gasteiger partial charge is 0.144 e. The van der Waals surface area contributed by atoms with Gasteiger partial charge in [0, 0.05) is 24.4 Å². The first-order chi connectivity index (χ1) is 14.7. The van der Waals surface area contributed by atoms with Crippen LogP contribution in [-0.4, -0.2) is 34.8 Å². The van der Waals surface area contributed by atoms with Crippen molar-refractivity contribution < 1.29 is 9.15 Å². The molecule has 0 saturated heterocycles. The average Bonchev–Trinajstić information content (AvgIpc) is 3.46. The molecular formula is C22H26N6O2. The summed E-state index contributed by atoms with van der Waals surface area (Å²) in [5.74, 6) is 1.37. The lowest BCUT2D eigenvalue weighted by Gasteiger charge is -2.13. The number of aromatic nitrogens is 3. The second-order valence-electron chi connectivity index (χ2n) is 6.12. The van der Waals surface area contributed by atoms with Gasteiger partial charge in [-0.25, -0.2) is 9.97 Å². The van der Waals surface area contributed by atoms with Gasteiger partial charge in [0.05, 0.1) is 36.4 Å². The lowest BCUT2D eigenvalue weighted by Crippen LogP contribution is -2.04. The molecule has 4 rings (SSSR count). The lowest BCUT2D eigenvalue weighted by molar-refractivity contribution is 0.417. The van der Waals surface area contributed by atoms with Crippen LogP contribution in [0.1, 0.15) is 26.3 Å². The van der Waals surface area contributed by atoms with E-state index in [9.17, 15) is 0 Å². The minimum Gasteiger partial charge on any atom is -0.495 e. The first-order valence-electron chi connectivity index (χ1n) is 9.72. The summed E-state index contributed by atoms with van der Waals surface area (Å²) in [4.78, 5) is 11.9. The van der Waals surface area contributed by atoms with Gasteiger partial charge in [0.25, 0.3) is 0 Å². The number of hydrogen-bond acceptors (Lipinski definition) is 7. The van der Waals surface area contributed by atoms with Crippen LogP contribution in [0.2, 0.25) is 0 Å². The Hall–Kier alpha value is -3.81. The minimum atomic E-state index is 0.662. The SMILES string of the molecule is CC.CN/N=C(\C)c1c[nH]c2ncnc(Nc3cc(-c4ccoc4)ccc3OC)c12. The summed E-state index contributed by atoms with van der Waals surface area (Å²) < 4.78 is 10.7. The summed E-state index contributed by atoms with van der Waals surface area (Å²) in [6.07, 6.45) is 6.74. The van der Waals surface area contributed by atoms with Crippen LogP contribution in [0.4, 0.5) is 11.5 Å². The number of nitrogens with one attached hydrogen (secondary N) is 3. The molecule has 3 aromatic heterocycles. The molecule has 30 heavy (non-hydrogen) atoms. The molecule has 0 aliphatic heterocycles. The zero-order chi connectivity index (χ0) is 21.5. The fourth-order valence-corrected chi connectivity index (χ4v) is 3.11. The number of rotatable bonds is 6. The molecule has 0 saturated carbocycles. The number of hydrazone groups is 1. The van der Waals surface area contributed by atoms with Crippen molar-refractivity contribution in [3.63, 3.8) is 0 Å². The van der Waals surface area contributed by atoms with E-state index in [2.05, 4.69) is 30.8 Å². The third kappa shape index (κ3) is 4.12. The van der Waals surface area contributed by atoms with Crippen molar-refractivity contribution in [2.45, 2.75) is 20.8 Å². The largest absolute Gasteiger partial charge is 0.495 e. The van der Waals surface area contributed by atoms with Crippen molar-refractivity contribution in [1.29, 1.82) is 0 Å². The Morgan fingerprint density at radius 2 is 2.00 bits per heavy atom. The molecule has 3 N–H and O–H groups in total. The summed E-state index contributed by atoms with van der Waals surface area (Å²) in [5.41, 5.74) is 8.06. The molecule has 0 atom stereocenters. The van der Waals surface area contributed by atoms with Crippen molar-refractivity contribution in [1.82, 2.24) is 20.4 Å². The van der Waals surface area contributed by atoms with Gasteiger partial charge in [0.2, 0.25) is 0 Å². The fourth-order valence-electron chi connectivity index (χ4n) is 3.11. The molecule has 8 nitrogen and oxygen atoms in total. The topological polar surface area (TPSA) is 100 Å². The Bertz CT molecular complexity index is 1130. The van der Waals surface area contributed by atoms with Crippen LogP contribution in [-0.2, 0) is 0 Å². The first kappa shape index (κ1) is 20.9. The number of H-pyrrole nitrogens is 1. The molecule has 4 aromatic rings. The van der Waals surface area contributed by atoms with Crippen molar-refractivity contribution >= 4 is 28.3 Å².